The van der Waals surface area contributed by atoms with Crippen molar-refractivity contribution in [2.75, 3.05) is 12.3 Å². The number of anilines is 1. The number of fused-ring (bicyclic) bond motifs is 2. The summed E-state index contributed by atoms with van der Waals surface area (Å²) in [4.78, 5) is 23.7. The molecule has 0 atom stereocenters. The van der Waals surface area contributed by atoms with Crippen LogP contribution in [-0.2, 0) is 22.4 Å². The smallest absolute Gasteiger partial charge is 0.404 e. The predicted octanol–water partition coefficient (Wildman–Crippen LogP) is 1.89. The second kappa shape index (κ2) is 6.54. The lowest BCUT2D eigenvalue weighted by atomic mass is 9.78. The Balaban J connectivity index is 1.53. The van der Waals surface area contributed by atoms with E-state index >= 15 is 0 Å². The molecule has 7 nitrogen and oxygen atoms in total. The zero-order valence-electron chi connectivity index (χ0n) is 16.4. The number of hydrogen-bond donors (Lipinski definition) is 1. The van der Waals surface area contributed by atoms with E-state index in [1.807, 2.05) is 56.3 Å². The lowest BCUT2D eigenvalue weighted by Gasteiger charge is -2.17. The van der Waals surface area contributed by atoms with Crippen molar-refractivity contribution in [3.8, 4) is 0 Å². The molecule has 1 saturated heterocycles. The van der Waals surface area contributed by atoms with Gasteiger partial charge in [-0.25, -0.2) is 9.97 Å². The molecule has 29 heavy (non-hydrogen) atoms. The van der Waals surface area contributed by atoms with Crippen LogP contribution in [0.4, 0.5) is 5.95 Å². The first-order valence-corrected chi connectivity index (χ1v) is 9.62. The van der Waals surface area contributed by atoms with Crippen LogP contribution in [0.15, 0.2) is 42.5 Å². The molecule has 1 amide bonds. The van der Waals surface area contributed by atoms with Crippen LogP contribution >= 0.6 is 0 Å². The Morgan fingerprint density at radius 3 is 2.52 bits per heavy atom. The summed E-state index contributed by atoms with van der Waals surface area (Å²) >= 11 is 0. The molecule has 0 aliphatic carbocycles. The molecule has 1 fully saturated rings. The van der Waals surface area contributed by atoms with E-state index in [0.717, 1.165) is 16.6 Å². The highest BCUT2D eigenvalue weighted by atomic mass is 16.7. The lowest BCUT2D eigenvalue weighted by Crippen LogP contribution is -2.34. The van der Waals surface area contributed by atoms with E-state index in [1.54, 1.807) is 4.90 Å². The first-order valence-electron chi connectivity index (χ1n) is 9.62. The number of nitrogen functional groups attached to an aromatic ring is 1. The summed E-state index contributed by atoms with van der Waals surface area (Å²) in [5.41, 5.74) is 9.62. The highest BCUT2D eigenvalue weighted by molar-refractivity contribution is 6.62. The molecule has 0 spiro atoms. The Labute approximate surface area is 169 Å². The molecule has 0 saturated carbocycles. The van der Waals surface area contributed by atoms with Crippen LogP contribution in [0.3, 0.4) is 0 Å². The van der Waals surface area contributed by atoms with Crippen LogP contribution in [0.2, 0.25) is 0 Å². The molecule has 2 aliphatic rings. The minimum absolute atomic E-state index is 0.0832. The molecule has 2 N–H and O–H groups in total. The topological polar surface area (TPSA) is 90.6 Å². The largest absolute Gasteiger partial charge is 0.494 e. The fraction of sp³-hybridized carbons (Fsp3) is 0.286. The molecule has 0 radical (unpaired) electrons. The Kier molecular flexibility index (Phi) is 4.08. The summed E-state index contributed by atoms with van der Waals surface area (Å²) in [6.07, 6.45) is 0. The minimum atomic E-state index is -0.481. The molecule has 0 unspecified atom stereocenters. The highest BCUT2D eigenvalue weighted by Gasteiger charge is 2.38. The first kappa shape index (κ1) is 18.1. The fourth-order valence-electron chi connectivity index (χ4n) is 3.90. The van der Waals surface area contributed by atoms with Crippen LogP contribution < -0.4 is 11.2 Å². The van der Waals surface area contributed by atoms with Gasteiger partial charge in [0.05, 0.1) is 17.7 Å². The van der Waals surface area contributed by atoms with Crippen LogP contribution in [0.25, 0.3) is 10.9 Å². The van der Waals surface area contributed by atoms with Crippen molar-refractivity contribution in [2.24, 2.45) is 0 Å². The average Bonchev–Trinajstić information content (AvgIpc) is 3.29. The first-order chi connectivity index (χ1) is 13.9. The molecule has 5 rings (SSSR count). The predicted molar refractivity (Wildman–Crippen MR) is 110 cm³/mol. The normalized spacial score (nSPS) is 17.7. The van der Waals surface area contributed by atoms with Gasteiger partial charge in [-0.05, 0) is 36.5 Å². The van der Waals surface area contributed by atoms with Crippen LogP contribution in [0, 0.1) is 0 Å². The number of amides is 1. The highest BCUT2D eigenvalue weighted by Crippen LogP contribution is 2.26. The van der Waals surface area contributed by atoms with E-state index < -0.39 is 7.12 Å². The minimum Gasteiger partial charge on any atom is -0.404 e. The molecule has 3 heterocycles. The zero-order chi connectivity index (χ0) is 20.2. The summed E-state index contributed by atoms with van der Waals surface area (Å²) in [6.45, 7) is 5.59. The van der Waals surface area contributed by atoms with Gasteiger partial charge >= 0.3 is 7.12 Å². The molecule has 146 valence electrons. The summed E-state index contributed by atoms with van der Waals surface area (Å²) in [5, 5.41) is 0.648. The van der Waals surface area contributed by atoms with Gasteiger partial charge in [0, 0.05) is 18.5 Å². The Morgan fingerprint density at radius 1 is 1.14 bits per heavy atom. The van der Waals surface area contributed by atoms with Gasteiger partial charge in [-0.2, -0.15) is 0 Å². The number of carbonyl (C=O) groups is 1. The summed E-state index contributed by atoms with van der Waals surface area (Å²) < 4.78 is 11.8. The van der Waals surface area contributed by atoms with E-state index in [-0.39, 0.29) is 17.5 Å². The monoisotopic (exact) mass is 388 g/mol. The summed E-state index contributed by atoms with van der Waals surface area (Å²) in [6, 6.07) is 13.7. The molecule has 1 aromatic heterocycles. The summed E-state index contributed by atoms with van der Waals surface area (Å²) in [5.74, 6) is -0.0779. The third-order valence-electron chi connectivity index (χ3n) is 5.35. The second-order valence-corrected chi connectivity index (χ2v) is 8.16. The van der Waals surface area contributed by atoms with Crippen LogP contribution in [0.1, 0.15) is 35.5 Å². The molecule has 8 heteroatoms. The molecule has 2 aliphatic heterocycles. The van der Waals surface area contributed by atoms with E-state index in [4.69, 9.17) is 15.0 Å². The Hall–Kier alpha value is -2.97. The Morgan fingerprint density at radius 2 is 1.86 bits per heavy atom. The maximum Gasteiger partial charge on any atom is 0.494 e. The van der Waals surface area contributed by atoms with Crippen molar-refractivity contribution in [3.05, 3.63) is 59.3 Å². The second-order valence-electron chi connectivity index (χ2n) is 8.16. The van der Waals surface area contributed by atoms with Crippen molar-refractivity contribution < 1.29 is 14.1 Å². The van der Waals surface area contributed by atoms with Crippen molar-refractivity contribution in [1.82, 2.24) is 14.9 Å². The third-order valence-corrected chi connectivity index (χ3v) is 5.35. The van der Waals surface area contributed by atoms with Gasteiger partial charge in [-0.15, -0.1) is 0 Å². The number of carbonyl (C=O) groups excluding carboxylic acids is 1. The number of nitrogens with zero attached hydrogens (tertiary/aromatic N) is 3. The lowest BCUT2D eigenvalue weighted by molar-refractivity contribution is 0.0747. The standard InChI is InChI=1S/C21H21BN4O3/c1-21(2)12-28-22(29-21)15-7-8-17-16(9-15)18(25-20(23)24-17)19(27)26-10-13-5-3-4-6-14(13)11-26/h3-9H,10-12H2,1-2H3,(H2,23,24,25). The van der Waals surface area contributed by atoms with Gasteiger partial charge in [-0.3, -0.25) is 4.79 Å². The zero-order valence-corrected chi connectivity index (χ0v) is 16.4. The average molecular weight is 388 g/mol. The molecular formula is C21H21BN4O3. The van der Waals surface area contributed by atoms with Crippen LogP contribution in [0.5, 0.6) is 0 Å². The van der Waals surface area contributed by atoms with Gasteiger partial charge < -0.3 is 19.9 Å². The van der Waals surface area contributed by atoms with Crippen molar-refractivity contribution >= 4 is 35.3 Å². The third kappa shape index (κ3) is 3.24. The van der Waals surface area contributed by atoms with Crippen molar-refractivity contribution in [3.63, 3.8) is 0 Å². The van der Waals surface area contributed by atoms with E-state index in [2.05, 4.69) is 9.97 Å². The van der Waals surface area contributed by atoms with E-state index in [1.165, 1.54) is 0 Å². The van der Waals surface area contributed by atoms with E-state index in [0.29, 0.717) is 36.3 Å². The van der Waals surface area contributed by atoms with Gasteiger partial charge in [0.2, 0.25) is 5.95 Å². The van der Waals surface area contributed by atoms with Crippen LogP contribution in [-0.4, -0.2) is 40.1 Å². The van der Waals surface area contributed by atoms with Gasteiger partial charge in [-0.1, -0.05) is 36.4 Å². The van der Waals surface area contributed by atoms with Crippen molar-refractivity contribution in [1.29, 1.82) is 0 Å². The van der Waals surface area contributed by atoms with Crippen molar-refractivity contribution in [2.45, 2.75) is 32.5 Å². The number of hydrogen-bond acceptors (Lipinski definition) is 6. The molecule has 2 aromatic carbocycles. The quantitative estimate of drug-likeness (QED) is 0.675. The molecule has 3 aromatic rings. The van der Waals surface area contributed by atoms with Gasteiger partial charge in [0.15, 0.2) is 0 Å². The van der Waals surface area contributed by atoms with Gasteiger partial charge in [0.1, 0.15) is 5.69 Å². The number of benzene rings is 2. The summed E-state index contributed by atoms with van der Waals surface area (Å²) in [7, 11) is -0.481. The maximum atomic E-state index is 13.3. The molecular weight excluding hydrogens is 367 g/mol. The van der Waals surface area contributed by atoms with Gasteiger partial charge in [0.25, 0.3) is 5.91 Å². The number of aromatic nitrogens is 2. The molecule has 0 bridgehead atoms. The number of nitrogens with two attached hydrogens (primary N) is 1. The SMILES string of the molecule is CC1(C)COB(c2ccc3nc(N)nc(C(=O)N4Cc5ccccc5C4)c3c2)O1. The fourth-order valence-corrected chi connectivity index (χ4v) is 3.90. The number of rotatable bonds is 2. The Bertz CT molecular complexity index is 1110. The van der Waals surface area contributed by atoms with E-state index in [9.17, 15) is 4.79 Å². The maximum absolute atomic E-state index is 13.3.